The molecule has 0 amide bonds. The van der Waals surface area contributed by atoms with Crippen molar-refractivity contribution in [3.8, 4) is 5.75 Å². The zero-order valence-electron chi connectivity index (χ0n) is 18.4. The average molecular weight is 513 g/mol. The minimum Gasteiger partial charge on any atom is -0.406 e. The number of H-pyrrole nitrogens is 1. The number of nitrogens with one attached hydrogen (secondary N) is 1. The highest BCUT2D eigenvalue weighted by atomic mass is 35.5. The van der Waals surface area contributed by atoms with Crippen LogP contribution in [0.4, 0.5) is 13.2 Å². The van der Waals surface area contributed by atoms with Crippen molar-refractivity contribution in [2.45, 2.75) is 52.2 Å². The van der Waals surface area contributed by atoms with Crippen molar-refractivity contribution in [3.63, 3.8) is 0 Å². The lowest BCUT2D eigenvalue weighted by Gasteiger charge is -2.10. The van der Waals surface area contributed by atoms with E-state index >= 15 is 0 Å². The van der Waals surface area contributed by atoms with Crippen molar-refractivity contribution < 1.29 is 17.9 Å². The van der Waals surface area contributed by atoms with Crippen LogP contribution in [-0.4, -0.2) is 45.7 Å². The number of hydrogen-bond donors (Lipinski definition) is 1. The molecule has 0 aliphatic carbocycles. The number of benzene rings is 1. The molecule has 0 spiro atoms. The van der Waals surface area contributed by atoms with Gasteiger partial charge < -0.3 is 9.72 Å². The van der Waals surface area contributed by atoms with Crippen LogP contribution >= 0.6 is 11.6 Å². The molecule has 0 aliphatic heterocycles. The fraction of sp³-hybridized carbons (Fsp3) is 0.400. The third-order valence-electron chi connectivity index (χ3n) is 5.01. The van der Waals surface area contributed by atoms with Crippen LogP contribution in [0.1, 0.15) is 31.2 Å². The van der Waals surface area contributed by atoms with Crippen LogP contribution in [0.3, 0.4) is 0 Å². The third kappa shape index (κ3) is 5.70. The number of aromatic amines is 1. The quantitative estimate of drug-likeness (QED) is 0.341. The molecule has 0 bridgehead atoms. The Morgan fingerprint density at radius 2 is 1.94 bits per heavy atom. The molecule has 0 radical (unpaired) electrons. The van der Waals surface area contributed by atoms with E-state index < -0.39 is 17.6 Å². The minimum atomic E-state index is -4.78. The van der Waals surface area contributed by atoms with Gasteiger partial charge in [-0.1, -0.05) is 19.1 Å². The summed E-state index contributed by atoms with van der Waals surface area (Å²) < 4.78 is 43.7. The number of hydrogen-bond acceptors (Lipinski definition) is 7. The second-order valence-electron chi connectivity index (χ2n) is 7.64. The summed E-state index contributed by atoms with van der Waals surface area (Å²) in [7, 11) is 0. The van der Waals surface area contributed by atoms with E-state index in [1.54, 1.807) is 6.07 Å². The molecular formula is C20H20ClF3N8O3. The predicted molar refractivity (Wildman–Crippen MR) is 118 cm³/mol. The lowest BCUT2D eigenvalue weighted by molar-refractivity contribution is -0.274. The largest absolute Gasteiger partial charge is 0.573 e. The molecule has 0 fully saturated rings. The highest BCUT2D eigenvalue weighted by Crippen LogP contribution is 2.23. The molecule has 4 aromatic rings. The number of rotatable bonds is 9. The van der Waals surface area contributed by atoms with Crippen LogP contribution in [0.2, 0.25) is 5.28 Å². The molecule has 4 rings (SSSR count). The summed E-state index contributed by atoms with van der Waals surface area (Å²) in [4.78, 5) is 33.7. The molecule has 35 heavy (non-hydrogen) atoms. The van der Waals surface area contributed by atoms with Gasteiger partial charge in [0, 0.05) is 19.5 Å². The zero-order valence-corrected chi connectivity index (χ0v) is 19.2. The fourth-order valence-corrected chi connectivity index (χ4v) is 3.78. The molecule has 11 nitrogen and oxygen atoms in total. The Morgan fingerprint density at radius 3 is 2.69 bits per heavy atom. The molecule has 1 N–H and O–H groups in total. The molecule has 186 valence electrons. The summed E-state index contributed by atoms with van der Waals surface area (Å²) >= 11 is 5.90. The van der Waals surface area contributed by atoms with E-state index in [-0.39, 0.29) is 41.7 Å². The fourth-order valence-electron chi connectivity index (χ4n) is 3.61. The first kappa shape index (κ1) is 24.4. The van der Waals surface area contributed by atoms with Crippen LogP contribution in [0.15, 0.2) is 33.9 Å². The Hall–Kier alpha value is -3.68. The van der Waals surface area contributed by atoms with E-state index in [9.17, 15) is 22.8 Å². The molecule has 0 atom stereocenters. The Balaban J connectivity index is 1.44. The van der Waals surface area contributed by atoms with Crippen LogP contribution in [0.5, 0.6) is 5.75 Å². The topological polar surface area (TPSA) is 126 Å². The Labute approximate surface area is 200 Å². The molecule has 0 unspecified atom stereocenters. The van der Waals surface area contributed by atoms with Crippen LogP contribution in [0, 0.1) is 0 Å². The van der Waals surface area contributed by atoms with Gasteiger partial charge in [0.15, 0.2) is 17.0 Å². The number of alkyl halides is 3. The number of aromatic nitrogens is 8. The van der Waals surface area contributed by atoms with Gasteiger partial charge in [-0.3, -0.25) is 13.9 Å². The van der Waals surface area contributed by atoms with Gasteiger partial charge in [-0.25, -0.2) is 4.79 Å². The highest BCUT2D eigenvalue weighted by molar-refractivity contribution is 6.28. The maximum absolute atomic E-state index is 12.9. The van der Waals surface area contributed by atoms with E-state index in [1.807, 2.05) is 6.92 Å². The summed E-state index contributed by atoms with van der Waals surface area (Å²) in [5, 5.41) is 12.1. The van der Waals surface area contributed by atoms with Gasteiger partial charge in [0.1, 0.15) is 5.75 Å². The van der Waals surface area contributed by atoms with E-state index in [4.69, 9.17) is 11.6 Å². The van der Waals surface area contributed by atoms with Crippen molar-refractivity contribution in [2.75, 3.05) is 0 Å². The number of fused-ring (bicyclic) bond motifs is 1. The normalized spacial score (nSPS) is 11.9. The average Bonchev–Trinajstić information content (AvgIpc) is 3.39. The SMILES string of the molecule is CCCn1c(=O)n(CCCn2nnc(Cc3cccc(OC(F)(F)F)c3)n2)c(=O)c2[nH]c(Cl)nc21. The lowest BCUT2D eigenvalue weighted by Crippen LogP contribution is -2.40. The number of tetrazole rings is 1. The number of ether oxygens (including phenoxy) is 1. The second kappa shape index (κ2) is 9.90. The Morgan fingerprint density at radius 1 is 1.14 bits per heavy atom. The van der Waals surface area contributed by atoms with Crippen molar-refractivity contribution in [1.29, 1.82) is 0 Å². The van der Waals surface area contributed by atoms with Crippen LogP contribution in [-0.2, 0) is 26.1 Å². The summed E-state index contributed by atoms with van der Waals surface area (Å²) in [5.74, 6) is -0.0396. The second-order valence-corrected chi connectivity index (χ2v) is 8.00. The van der Waals surface area contributed by atoms with E-state index in [1.165, 1.54) is 27.6 Å². The van der Waals surface area contributed by atoms with E-state index in [0.29, 0.717) is 30.8 Å². The van der Waals surface area contributed by atoms with Crippen LogP contribution < -0.4 is 16.0 Å². The summed E-state index contributed by atoms with van der Waals surface area (Å²) in [6.07, 6.45) is -3.63. The third-order valence-corrected chi connectivity index (χ3v) is 5.19. The molecular weight excluding hydrogens is 493 g/mol. The smallest absolute Gasteiger partial charge is 0.406 e. The van der Waals surface area contributed by atoms with Crippen LogP contribution in [0.25, 0.3) is 11.2 Å². The van der Waals surface area contributed by atoms with Crippen molar-refractivity contribution >= 4 is 22.8 Å². The molecule has 3 aromatic heterocycles. The number of nitrogens with zero attached hydrogens (tertiary/aromatic N) is 7. The predicted octanol–water partition coefficient (Wildman–Crippen LogP) is 2.52. The zero-order chi connectivity index (χ0) is 25.2. The first-order valence-corrected chi connectivity index (χ1v) is 11.0. The number of aryl methyl sites for hydroxylation is 2. The summed E-state index contributed by atoms with van der Waals surface area (Å²) in [6.45, 7) is 2.63. The van der Waals surface area contributed by atoms with Gasteiger partial charge in [0.2, 0.25) is 5.28 Å². The summed E-state index contributed by atoms with van der Waals surface area (Å²) in [6, 6.07) is 5.51. The first-order valence-electron chi connectivity index (χ1n) is 10.6. The minimum absolute atomic E-state index is 0.0222. The molecule has 3 heterocycles. The molecule has 15 heteroatoms. The number of halogens is 4. The summed E-state index contributed by atoms with van der Waals surface area (Å²) in [5.41, 5.74) is -0.122. The molecule has 0 saturated carbocycles. The van der Waals surface area contributed by atoms with Gasteiger partial charge in [-0.15, -0.1) is 23.4 Å². The molecule has 1 aromatic carbocycles. The van der Waals surface area contributed by atoms with Crippen molar-refractivity contribution in [2.24, 2.45) is 0 Å². The maximum Gasteiger partial charge on any atom is 0.573 e. The maximum atomic E-state index is 12.9. The highest BCUT2D eigenvalue weighted by Gasteiger charge is 2.31. The monoisotopic (exact) mass is 512 g/mol. The molecule has 0 saturated heterocycles. The Bertz CT molecular complexity index is 1460. The van der Waals surface area contributed by atoms with Gasteiger partial charge in [-0.05, 0) is 47.4 Å². The van der Waals surface area contributed by atoms with Gasteiger partial charge in [0.05, 0.1) is 6.54 Å². The Kier molecular flexibility index (Phi) is 6.91. The standard InChI is InChI=1S/C20H20ClF3N8O3/c1-2-7-30-16-15(25-18(21)26-16)17(33)31(19(30)34)8-4-9-32-28-14(27-29-32)11-12-5-3-6-13(10-12)35-20(22,23)24/h3,5-6,10H,2,4,7-9,11H2,1H3,(H,25,26). The molecule has 0 aliphatic rings. The lowest BCUT2D eigenvalue weighted by atomic mass is 10.1. The van der Waals surface area contributed by atoms with Crippen molar-refractivity contribution in [3.05, 3.63) is 61.8 Å². The number of imidazole rings is 1. The van der Waals surface area contributed by atoms with Gasteiger partial charge in [-0.2, -0.15) is 9.78 Å². The van der Waals surface area contributed by atoms with E-state index in [0.717, 1.165) is 4.57 Å². The van der Waals surface area contributed by atoms with Gasteiger partial charge in [0.25, 0.3) is 5.56 Å². The van der Waals surface area contributed by atoms with Gasteiger partial charge >= 0.3 is 12.1 Å². The van der Waals surface area contributed by atoms with Crippen molar-refractivity contribution in [1.82, 2.24) is 39.3 Å². The first-order chi connectivity index (χ1) is 16.6. The van der Waals surface area contributed by atoms with E-state index in [2.05, 4.69) is 30.1 Å².